The van der Waals surface area contributed by atoms with E-state index in [4.69, 9.17) is 9.47 Å². The molecule has 1 aliphatic heterocycles. The number of fused-ring (bicyclic) bond motifs is 1. The van der Waals surface area contributed by atoms with Crippen LogP contribution in [0.2, 0.25) is 0 Å². The van der Waals surface area contributed by atoms with Gasteiger partial charge in [-0.2, -0.15) is 0 Å². The van der Waals surface area contributed by atoms with E-state index in [1.54, 1.807) is 6.92 Å². The summed E-state index contributed by atoms with van der Waals surface area (Å²) in [6.07, 6.45) is 0.928. The van der Waals surface area contributed by atoms with Crippen molar-refractivity contribution in [1.82, 2.24) is 0 Å². The fourth-order valence-corrected chi connectivity index (χ4v) is 2.28. The van der Waals surface area contributed by atoms with Crippen LogP contribution in [0, 0.1) is 0 Å². The number of nitrogens with one attached hydrogen (secondary N) is 1. The summed E-state index contributed by atoms with van der Waals surface area (Å²) >= 11 is 0. The molecule has 1 N–H and O–H groups in total. The second-order valence-electron chi connectivity index (χ2n) is 5.14. The highest BCUT2D eigenvalue weighted by molar-refractivity contribution is 6.07. The minimum atomic E-state index is -0.433. The summed E-state index contributed by atoms with van der Waals surface area (Å²) < 4.78 is 10.4. The zero-order chi connectivity index (χ0) is 15.9. The molecule has 0 bridgehead atoms. The second-order valence-corrected chi connectivity index (χ2v) is 5.14. The van der Waals surface area contributed by atoms with Crippen molar-refractivity contribution in [3.8, 4) is 0 Å². The first-order valence-electron chi connectivity index (χ1n) is 7.53. The molecule has 1 heterocycles. The third-order valence-corrected chi connectivity index (χ3v) is 3.33. The average Bonchev–Trinajstić information content (AvgIpc) is 2.51. The van der Waals surface area contributed by atoms with Gasteiger partial charge in [0.05, 0.1) is 18.0 Å². The molecule has 6 heteroatoms. The molecule has 1 atom stereocenters. The molecule has 1 aromatic rings. The van der Waals surface area contributed by atoms with Gasteiger partial charge in [0, 0.05) is 6.61 Å². The first kappa shape index (κ1) is 16.3. The molecular formula is C16H22N2O4. The maximum Gasteiger partial charge on any atom is 0.326 e. The summed E-state index contributed by atoms with van der Waals surface area (Å²) in [7, 11) is 0. The van der Waals surface area contributed by atoms with Crippen LogP contribution in [-0.4, -0.2) is 44.3 Å². The molecule has 0 radical (unpaired) electrons. The molecule has 1 unspecified atom stereocenters. The van der Waals surface area contributed by atoms with Crippen molar-refractivity contribution in [2.24, 2.45) is 0 Å². The Morgan fingerprint density at radius 3 is 2.82 bits per heavy atom. The maximum atomic E-state index is 12.3. The molecule has 1 amide bonds. The van der Waals surface area contributed by atoms with Crippen molar-refractivity contribution in [3.05, 3.63) is 24.3 Å². The summed E-state index contributed by atoms with van der Waals surface area (Å²) in [5.74, 6) is -0.574. The van der Waals surface area contributed by atoms with Gasteiger partial charge in [0.2, 0.25) is 5.91 Å². The van der Waals surface area contributed by atoms with E-state index in [0.29, 0.717) is 18.9 Å². The van der Waals surface area contributed by atoms with E-state index < -0.39 is 5.97 Å². The molecule has 1 aliphatic rings. The summed E-state index contributed by atoms with van der Waals surface area (Å²) in [5.41, 5.74) is 1.54. The van der Waals surface area contributed by atoms with Crippen LogP contribution >= 0.6 is 0 Å². The zero-order valence-corrected chi connectivity index (χ0v) is 13.0. The van der Waals surface area contributed by atoms with Crippen LogP contribution in [0.3, 0.4) is 0 Å². The number of anilines is 2. The third-order valence-electron chi connectivity index (χ3n) is 3.33. The Bertz CT molecular complexity index is 533. The van der Waals surface area contributed by atoms with Crippen molar-refractivity contribution in [2.45, 2.75) is 26.3 Å². The largest absolute Gasteiger partial charge is 0.462 e. The van der Waals surface area contributed by atoms with Crippen LogP contribution < -0.4 is 10.2 Å². The molecule has 1 aromatic carbocycles. The summed E-state index contributed by atoms with van der Waals surface area (Å²) in [6.45, 7) is 4.93. The van der Waals surface area contributed by atoms with Crippen LogP contribution in [0.15, 0.2) is 24.3 Å². The SMILES string of the molecule is CCCOCCOC(=O)CN1C(=O)C(C)Nc2ccccc21. The summed E-state index contributed by atoms with van der Waals surface area (Å²) in [4.78, 5) is 25.6. The number of ether oxygens (including phenoxy) is 2. The van der Waals surface area contributed by atoms with Gasteiger partial charge >= 0.3 is 5.97 Å². The second kappa shape index (κ2) is 7.79. The van der Waals surface area contributed by atoms with Crippen molar-refractivity contribution in [2.75, 3.05) is 36.6 Å². The van der Waals surface area contributed by atoms with Crippen LogP contribution in [0.5, 0.6) is 0 Å². The minimum Gasteiger partial charge on any atom is -0.462 e. The van der Waals surface area contributed by atoms with E-state index in [9.17, 15) is 9.59 Å². The minimum absolute atomic E-state index is 0.0877. The van der Waals surface area contributed by atoms with E-state index in [1.165, 1.54) is 4.90 Å². The normalized spacial score (nSPS) is 16.9. The topological polar surface area (TPSA) is 67.9 Å². The molecule has 120 valence electrons. The molecule has 0 aromatic heterocycles. The fourth-order valence-electron chi connectivity index (χ4n) is 2.28. The van der Waals surface area contributed by atoms with E-state index in [2.05, 4.69) is 5.32 Å². The van der Waals surface area contributed by atoms with Crippen molar-refractivity contribution in [1.29, 1.82) is 0 Å². The fraction of sp³-hybridized carbons (Fsp3) is 0.500. The molecule has 0 saturated heterocycles. The summed E-state index contributed by atoms with van der Waals surface area (Å²) in [6, 6.07) is 7.05. The number of carbonyl (C=O) groups is 2. The van der Waals surface area contributed by atoms with Crippen LogP contribution in [0.4, 0.5) is 11.4 Å². The van der Waals surface area contributed by atoms with Gasteiger partial charge in [-0.05, 0) is 25.5 Å². The number of rotatable bonds is 7. The van der Waals surface area contributed by atoms with Crippen molar-refractivity contribution >= 4 is 23.3 Å². The molecule has 0 saturated carbocycles. The van der Waals surface area contributed by atoms with Gasteiger partial charge in [-0.15, -0.1) is 0 Å². The lowest BCUT2D eigenvalue weighted by atomic mass is 10.1. The smallest absolute Gasteiger partial charge is 0.326 e. The highest BCUT2D eigenvalue weighted by Gasteiger charge is 2.30. The Kier molecular flexibility index (Phi) is 5.77. The lowest BCUT2D eigenvalue weighted by Gasteiger charge is -2.33. The Balaban J connectivity index is 1.93. The van der Waals surface area contributed by atoms with Crippen molar-refractivity contribution < 1.29 is 19.1 Å². The first-order chi connectivity index (χ1) is 10.6. The molecule has 22 heavy (non-hydrogen) atoms. The Morgan fingerprint density at radius 2 is 2.05 bits per heavy atom. The van der Waals surface area contributed by atoms with Gasteiger partial charge in [-0.3, -0.25) is 14.5 Å². The van der Waals surface area contributed by atoms with Crippen LogP contribution in [0.1, 0.15) is 20.3 Å². The zero-order valence-electron chi connectivity index (χ0n) is 13.0. The van der Waals surface area contributed by atoms with Crippen molar-refractivity contribution in [3.63, 3.8) is 0 Å². The van der Waals surface area contributed by atoms with Gasteiger partial charge in [0.25, 0.3) is 0 Å². The number of amides is 1. The molecular weight excluding hydrogens is 284 g/mol. The Hall–Kier alpha value is -2.08. The Labute approximate surface area is 130 Å². The number of hydrogen-bond acceptors (Lipinski definition) is 5. The van der Waals surface area contributed by atoms with Gasteiger partial charge < -0.3 is 14.8 Å². The lowest BCUT2D eigenvalue weighted by Crippen LogP contribution is -2.48. The predicted molar refractivity (Wildman–Crippen MR) is 83.9 cm³/mol. The van der Waals surface area contributed by atoms with E-state index in [0.717, 1.165) is 12.1 Å². The van der Waals surface area contributed by atoms with E-state index in [-0.39, 0.29) is 25.1 Å². The quantitative estimate of drug-likeness (QED) is 0.614. The third kappa shape index (κ3) is 3.98. The number of benzene rings is 1. The highest BCUT2D eigenvalue weighted by Crippen LogP contribution is 2.30. The number of para-hydroxylation sites is 2. The molecule has 6 nitrogen and oxygen atoms in total. The average molecular weight is 306 g/mol. The van der Waals surface area contributed by atoms with Crippen LogP contribution in [0.25, 0.3) is 0 Å². The van der Waals surface area contributed by atoms with Gasteiger partial charge in [-0.1, -0.05) is 19.1 Å². The first-order valence-corrected chi connectivity index (χ1v) is 7.53. The van der Waals surface area contributed by atoms with E-state index in [1.807, 2.05) is 31.2 Å². The summed E-state index contributed by atoms with van der Waals surface area (Å²) in [5, 5.41) is 3.12. The van der Waals surface area contributed by atoms with Gasteiger partial charge in [-0.25, -0.2) is 0 Å². The van der Waals surface area contributed by atoms with E-state index >= 15 is 0 Å². The van der Waals surface area contributed by atoms with Gasteiger partial charge in [0.1, 0.15) is 19.2 Å². The van der Waals surface area contributed by atoms with Crippen LogP contribution in [-0.2, 0) is 19.1 Å². The van der Waals surface area contributed by atoms with Gasteiger partial charge in [0.15, 0.2) is 0 Å². The Morgan fingerprint density at radius 1 is 1.27 bits per heavy atom. The molecule has 0 spiro atoms. The number of carbonyl (C=O) groups excluding carboxylic acids is 2. The monoisotopic (exact) mass is 306 g/mol. The number of hydrogen-bond donors (Lipinski definition) is 1. The highest BCUT2D eigenvalue weighted by atomic mass is 16.6. The molecule has 0 aliphatic carbocycles. The standard InChI is InChI=1S/C16H22N2O4/c1-3-8-21-9-10-22-15(19)11-18-14-7-5-4-6-13(14)17-12(2)16(18)20/h4-7,12,17H,3,8-11H2,1-2H3. The molecule has 2 rings (SSSR count). The lowest BCUT2D eigenvalue weighted by molar-refractivity contribution is -0.144. The molecule has 0 fully saturated rings. The number of esters is 1. The maximum absolute atomic E-state index is 12.3. The predicted octanol–water partition coefficient (Wildman–Crippen LogP) is 1.80. The number of nitrogens with zero attached hydrogens (tertiary/aromatic N) is 1.